The van der Waals surface area contributed by atoms with E-state index in [0.717, 1.165) is 11.3 Å². The number of pyridine rings is 1. The van der Waals surface area contributed by atoms with E-state index in [0.29, 0.717) is 27.1 Å². The molecule has 0 aliphatic heterocycles. The van der Waals surface area contributed by atoms with Crippen LogP contribution in [0.4, 0.5) is 5.69 Å². The number of amides is 1. The SMILES string of the molecule is Cc1cccc(NC(=O)c2c(C)nc3c(Cl)cc(Cl)cn23)c1. The van der Waals surface area contributed by atoms with Crippen LogP contribution < -0.4 is 5.32 Å². The number of carbonyl (C=O) groups is 1. The van der Waals surface area contributed by atoms with E-state index < -0.39 is 0 Å². The molecule has 4 nitrogen and oxygen atoms in total. The second kappa shape index (κ2) is 5.63. The van der Waals surface area contributed by atoms with Crippen LogP contribution in [-0.2, 0) is 0 Å². The average molecular weight is 334 g/mol. The Morgan fingerprint density at radius 2 is 2.00 bits per heavy atom. The lowest BCUT2D eigenvalue weighted by Gasteiger charge is -2.07. The molecule has 0 fully saturated rings. The van der Waals surface area contributed by atoms with Crippen LogP contribution >= 0.6 is 23.2 Å². The minimum Gasteiger partial charge on any atom is -0.321 e. The predicted octanol–water partition coefficient (Wildman–Crippen LogP) is 4.51. The first-order chi connectivity index (χ1) is 10.5. The zero-order valence-corrected chi connectivity index (χ0v) is 13.5. The number of aryl methyl sites for hydroxylation is 2. The van der Waals surface area contributed by atoms with Gasteiger partial charge in [-0.1, -0.05) is 35.3 Å². The van der Waals surface area contributed by atoms with Gasteiger partial charge in [-0.25, -0.2) is 4.98 Å². The molecule has 6 heteroatoms. The lowest BCUT2D eigenvalue weighted by molar-refractivity contribution is 0.102. The number of carbonyl (C=O) groups excluding carboxylic acids is 1. The number of anilines is 1. The lowest BCUT2D eigenvalue weighted by atomic mass is 10.2. The van der Waals surface area contributed by atoms with E-state index in [1.54, 1.807) is 23.6 Å². The zero-order valence-electron chi connectivity index (χ0n) is 12.0. The minimum atomic E-state index is -0.256. The second-order valence-electron chi connectivity index (χ2n) is 5.07. The summed E-state index contributed by atoms with van der Waals surface area (Å²) in [6.07, 6.45) is 1.63. The number of rotatable bonds is 2. The van der Waals surface area contributed by atoms with Crippen molar-refractivity contribution in [3.05, 3.63) is 63.5 Å². The number of aromatic nitrogens is 2. The fourth-order valence-electron chi connectivity index (χ4n) is 2.37. The Kier molecular flexibility index (Phi) is 3.81. The molecule has 1 aromatic carbocycles. The molecule has 0 unspecified atom stereocenters. The molecule has 0 aliphatic rings. The van der Waals surface area contributed by atoms with Gasteiger partial charge in [0.1, 0.15) is 5.69 Å². The van der Waals surface area contributed by atoms with Crippen LogP contribution in [-0.4, -0.2) is 15.3 Å². The van der Waals surface area contributed by atoms with E-state index in [1.165, 1.54) is 0 Å². The van der Waals surface area contributed by atoms with Crippen molar-refractivity contribution >= 4 is 40.4 Å². The number of imidazole rings is 1. The van der Waals surface area contributed by atoms with Gasteiger partial charge in [0.2, 0.25) is 0 Å². The van der Waals surface area contributed by atoms with E-state index in [2.05, 4.69) is 10.3 Å². The largest absolute Gasteiger partial charge is 0.321 e. The highest BCUT2D eigenvalue weighted by atomic mass is 35.5. The van der Waals surface area contributed by atoms with Crippen LogP contribution in [0.5, 0.6) is 0 Å². The Morgan fingerprint density at radius 3 is 2.73 bits per heavy atom. The summed E-state index contributed by atoms with van der Waals surface area (Å²) in [4.78, 5) is 16.9. The fraction of sp³-hybridized carbons (Fsp3) is 0.125. The van der Waals surface area contributed by atoms with Gasteiger partial charge < -0.3 is 5.32 Å². The number of hydrogen-bond acceptors (Lipinski definition) is 2. The molecule has 3 aromatic rings. The third-order valence-electron chi connectivity index (χ3n) is 3.31. The van der Waals surface area contributed by atoms with Crippen LogP contribution in [0.25, 0.3) is 5.65 Å². The molecule has 1 N–H and O–H groups in total. The van der Waals surface area contributed by atoms with Crippen molar-refractivity contribution in [3.63, 3.8) is 0 Å². The average Bonchev–Trinajstić information content (AvgIpc) is 2.75. The second-order valence-corrected chi connectivity index (χ2v) is 5.91. The van der Waals surface area contributed by atoms with Gasteiger partial charge >= 0.3 is 0 Å². The van der Waals surface area contributed by atoms with Crippen LogP contribution in [0, 0.1) is 13.8 Å². The number of benzene rings is 1. The summed E-state index contributed by atoms with van der Waals surface area (Å²) in [6.45, 7) is 3.73. The van der Waals surface area contributed by atoms with E-state index in [-0.39, 0.29) is 5.91 Å². The Labute approximate surface area is 137 Å². The normalized spacial score (nSPS) is 10.9. The van der Waals surface area contributed by atoms with Crippen molar-refractivity contribution in [2.24, 2.45) is 0 Å². The first kappa shape index (κ1) is 14.9. The third kappa shape index (κ3) is 2.67. The van der Waals surface area contributed by atoms with E-state index >= 15 is 0 Å². The van der Waals surface area contributed by atoms with Gasteiger partial charge in [-0.05, 0) is 37.6 Å². The molecule has 112 valence electrons. The molecule has 2 aromatic heterocycles. The maximum atomic E-state index is 12.6. The number of fused-ring (bicyclic) bond motifs is 1. The molecule has 0 saturated carbocycles. The van der Waals surface area contributed by atoms with Crippen molar-refractivity contribution in [1.29, 1.82) is 0 Å². The fourth-order valence-corrected chi connectivity index (χ4v) is 2.89. The Morgan fingerprint density at radius 1 is 1.23 bits per heavy atom. The quantitative estimate of drug-likeness (QED) is 0.749. The molecule has 0 aliphatic carbocycles. The van der Waals surface area contributed by atoms with Crippen LogP contribution in [0.3, 0.4) is 0 Å². The number of nitrogens with zero attached hydrogens (tertiary/aromatic N) is 2. The van der Waals surface area contributed by atoms with E-state index in [1.807, 2.05) is 31.2 Å². The summed E-state index contributed by atoms with van der Waals surface area (Å²) in [5.41, 5.74) is 3.32. The highest BCUT2D eigenvalue weighted by Gasteiger charge is 2.18. The molecule has 0 spiro atoms. The molecule has 22 heavy (non-hydrogen) atoms. The first-order valence-corrected chi connectivity index (χ1v) is 7.43. The third-order valence-corrected chi connectivity index (χ3v) is 3.79. The highest BCUT2D eigenvalue weighted by molar-refractivity contribution is 6.36. The summed E-state index contributed by atoms with van der Waals surface area (Å²) in [6, 6.07) is 9.20. The standard InChI is InChI=1S/C16H13Cl2N3O/c1-9-4-3-5-12(6-9)20-16(22)14-10(2)19-15-13(18)7-11(17)8-21(14)15/h3-8H,1-2H3,(H,20,22). The van der Waals surface area contributed by atoms with Crippen molar-refractivity contribution in [3.8, 4) is 0 Å². The van der Waals surface area contributed by atoms with Crippen LogP contribution in [0.1, 0.15) is 21.7 Å². The van der Waals surface area contributed by atoms with Gasteiger partial charge in [-0.2, -0.15) is 0 Å². The van der Waals surface area contributed by atoms with E-state index in [9.17, 15) is 4.79 Å². The summed E-state index contributed by atoms with van der Waals surface area (Å²) in [5, 5.41) is 3.72. The lowest BCUT2D eigenvalue weighted by Crippen LogP contribution is -2.15. The molecular weight excluding hydrogens is 321 g/mol. The number of halogens is 2. The molecule has 0 atom stereocenters. The maximum Gasteiger partial charge on any atom is 0.274 e. The molecule has 0 radical (unpaired) electrons. The minimum absolute atomic E-state index is 0.256. The zero-order chi connectivity index (χ0) is 15.9. The van der Waals surface area contributed by atoms with Gasteiger partial charge in [0.05, 0.1) is 15.7 Å². The van der Waals surface area contributed by atoms with Gasteiger partial charge in [0, 0.05) is 11.9 Å². The molecule has 2 heterocycles. The topological polar surface area (TPSA) is 46.4 Å². The monoisotopic (exact) mass is 333 g/mol. The summed E-state index contributed by atoms with van der Waals surface area (Å²) < 4.78 is 1.62. The molecule has 3 rings (SSSR count). The van der Waals surface area contributed by atoms with Gasteiger partial charge in [0.25, 0.3) is 5.91 Å². The van der Waals surface area contributed by atoms with Gasteiger partial charge in [0.15, 0.2) is 5.65 Å². The number of hydrogen-bond donors (Lipinski definition) is 1. The van der Waals surface area contributed by atoms with Crippen molar-refractivity contribution in [2.75, 3.05) is 5.32 Å². The smallest absolute Gasteiger partial charge is 0.274 e. The van der Waals surface area contributed by atoms with Crippen molar-refractivity contribution < 1.29 is 4.79 Å². The van der Waals surface area contributed by atoms with Gasteiger partial charge in [-0.3, -0.25) is 9.20 Å². The summed E-state index contributed by atoms with van der Waals surface area (Å²) in [7, 11) is 0. The maximum absolute atomic E-state index is 12.6. The highest BCUT2D eigenvalue weighted by Crippen LogP contribution is 2.25. The predicted molar refractivity (Wildman–Crippen MR) is 89.1 cm³/mol. The van der Waals surface area contributed by atoms with Crippen molar-refractivity contribution in [2.45, 2.75) is 13.8 Å². The molecule has 0 saturated heterocycles. The Bertz CT molecular complexity index is 886. The Balaban J connectivity index is 2.06. The molecule has 0 bridgehead atoms. The number of nitrogens with one attached hydrogen (secondary N) is 1. The van der Waals surface area contributed by atoms with Crippen LogP contribution in [0.15, 0.2) is 36.5 Å². The van der Waals surface area contributed by atoms with E-state index in [4.69, 9.17) is 23.2 Å². The van der Waals surface area contributed by atoms with Crippen LogP contribution in [0.2, 0.25) is 10.0 Å². The Hall–Kier alpha value is -2.04. The van der Waals surface area contributed by atoms with Gasteiger partial charge in [-0.15, -0.1) is 0 Å². The summed E-state index contributed by atoms with van der Waals surface area (Å²) >= 11 is 12.2. The first-order valence-electron chi connectivity index (χ1n) is 6.67. The molecule has 1 amide bonds. The summed E-state index contributed by atoms with van der Waals surface area (Å²) in [5.74, 6) is -0.256. The van der Waals surface area contributed by atoms with Crippen molar-refractivity contribution in [1.82, 2.24) is 9.38 Å². The molecular formula is C16H13Cl2N3O.